The van der Waals surface area contributed by atoms with Gasteiger partial charge in [0.15, 0.2) is 0 Å². The molecule has 4 saturated carbocycles. The van der Waals surface area contributed by atoms with Crippen LogP contribution in [0.1, 0.15) is 162 Å². The van der Waals surface area contributed by atoms with Gasteiger partial charge < -0.3 is 4.74 Å². The van der Waals surface area contributed by atoms with Crippen molar-refractivity contribution in [3.05, 3.63) is 0 Å². The van der Waals surface area contributed by atoms with Gasteiger partial charge in [-0.15, -0.1) is 0 Å². The zero-order valence-corrected chi connectivity index (χ0v) is 24.7. The second-order valence-corrected chi connectivity index (χ2v) is 14.1. The Bertz CT molecular complexity index is 745. The van der Waals surface area contributed by atoms with Crippen molar-refractivity contribution in [3.8, 4) is 0 Å². The van der Waals surface area contributed by atoms with Crippen LogP contribution in [0, 0.1) is 34.5 Å². The van der Waals surface area contributed by atoms with Gasteiger partial charge in [-0.25, -0.2) is 0 Å². The molecule has 0 aromatic rings. The minimum absolute atomic E-state index is 0.0579. The molecular formula is C34H58O3. The maximum Gasteiger partial charge on any atom is 0.306 e. The molecule has 4 aliphatic carbocycles. The largest absolute Gasteiger partial charge is 0.462 e. The molecule has 0 spiro atoms. The van der Waals surface area contributed by atoms with Gasteiger partial charge in [-0.2, -0.15) is 0 Å². The van der Waals surface area contributed by atoms with Crippen LogP contribution in [0.2, 0.25) is 0 Å². The third-order valence-electron chi connectivity index (χ3n) is 11.9. The monoisotopic (exact) mass is 514 g/mol. The summed E-state index contributed by atoms with van der Waals surface area (Å²) in [5.41, 5.74) is 0.530. The molecule has 0 radical (unpaired) electrons. The summed E-state index contributed by atoms with van der Waals surface area (Å²) in [5, 5.41) is 0. The highest BCUT2D eigenvalue weighted by atomic mass is 16.5. The van der Waals surface area contributed by atoms with Gasteiger partial charge in [0.1, 0.15) is 11.9 Å². The Hall–Kier alpha value is -0.860. The highest BCUT2D eigenvalue weighted by Gasteiger charge is 2.61. The van der Waals surface area contributed by atoms with Crippen LogP contribution in [0.3, 0.4) is 0 Å². The van der Waals surface area contributed by atoms with Crippen molar-refractivity contribution in [3.63, 3.8) is 0 Å². The van der Waals surface area contributed by atoms with Crippen LogP contribution in [-0.2, 0) is 14.3 Å². The molecule has 0 bridgehead atoms. The van der Waals surface area contributed by atoms with E-state index in [1.165, 1.54) is 103 Å². The van der Waals surface area contributed by atoms with E-state index in [2.05, 4.69) is 20.8 Å². The molecule has 4 aliphatic rings. The number of hydrogen-bond acceptors (Lipinski definition) is 3. The second-order valence-electron chi connectivity index (χ2n) is 14.1. The summed E-state index contributed by atoms with van der Waals surface area (Å²) in [5.74, 6) is 3.42. The van der Waals surface area contributed by atoms with Crippen molar-refractivity contribution in [1.82, 2.24) is 0 Å². The van der Waals surface area contributed by atoms with Crippen molar-refractivity contribution in [2.75, 3.05) is 0 Å². The number of Topliss-reactive ketones (excluding diaryl/α,β-unsaturated/α-hetero) is 1. The lowest BCUT2D eigenvalue weighted by Gasteiger charge is -2.60. The number of hydrogen-bond donors (Lipinski definition) is 0. The first-order valence-corrected chi connectivity index (χ1v) is 16.6. The average molecular weight is 515 g/mol. The minimum atomic E-state index is 0.0579. The first-order chi connectivity index (χ1) is 17.9. The first kappa shape index (κ1) is 29.1. The molecule has 0 heterocycles. The summed E-state index contributed by atoms with van der Waals surface area (Å²) < 4.78 is 6.23. The van der Waals surface area contributed by atoms with Crippen molar-refractivity contribution < 1.29 is 14.3 Å². The molecule has 0 saturated heterocycles. The van der Waals surface area contributed by atoms with Crippen LogP contribution in [0.5, 0.6) is 0 Å². The SMILES string of the molecule is CCCCCCCCCCCCCCC(=O)O[C@H]1CC[C@H]2[C@@H]3CCC4CC(=O)CC[C@]4(C)[C@H]3CC[C@]12C. The standard InChI is InChI=1S/C34H58O3/c1-4-5-6-7-8-9-10-11-12-13-14-15-16-32(36)37-31-20-19-29-28-18-17-26-25-27(35)21-23-33(26,2)30(28)22-24-34(29,31)3/h26,28-31H,4-25H2,1-3H3/t26?,28-,29-,30-,31-,33-,34-/m0/s1. The number of ketones is 1. The third kappa shape index (κ3) is 6.84. The van der Waals surface area contributed by atoms with Gasteiger partial charge in [0.2, 0.25) is 0 Å². The van der Waals surface area contributed by atoms with Crippen LogP contribution < -0.4 is 0 Å². The molecule has 1 unspecified atom stereocenters. The Morgan fingerprint density at radius 2 is 1.38 bits per heavy atom. The topological polar surface area (TPSA) is 43.4 Å². The predicted octanol–water partition coefficient (Wildman–Crippen LogP) is 9.60. The van der Waals surface area contributed by atoms with Gasteiger partial charge in [0, 0.05) is 24.7 Å². The number of esters is 1. The number of rotatable bonds is 14. The molecule has 0 amide bonds. The normalized spacial score (nSPS) is 37.1. The zero-order valence-electron chi connectivity index (χ0n) is 24.7. The van der Waals surface area contributed by atoms with Gasteiger partial charge in [0.25, 0.3) is 0 Å². The van der Waals surface area contributed by atoms with E-state index in [1.54, 1.807) is 0 Å². The molecule has 0 aromatic carbocycles. The fourth-order valence-electron chi connectivity index (χ4n) is 9.52. The van der Waals surface area contributed by atoms with E-state index < -0.39 is 0 Å². The van der Waals surface area contributed by atoms with Crippen LogP contribution in [0.4, 0.5) is 0 Å². The lowest BCUT2D eigenvalue weighted by molar-refractivity contribution is -0.164. The molecule has 0 aliphatic heterocycles. The lowest BCUT2D eigenvalue weighted by atomic mass is 9.45. The highest BCUT2D eigenvalue weighted by molar-refractivity contribution is 5.79. The van der Waals surface area contributed by atoms with E-state index in [9.17, 15) is 9.59 Å². The summed E-state index contributed by atoms with van der Waals surface area (Å²) >= 11 is 0. The molecule has 0 N–H and O–H groups in total. The van der Waals surface area contributed by atoms with E-state index in [1.807, 2.05) is 0 Å². The van der Waals surface area contributed by atoms with Crippen molar-refractivity contribution in [2.45, 2.75) is 168 Å². The minimum Gasteiger partial charge on any atom is -0.462 e. The average Bonchev–Trinajstić information content (AvgIpc) is 3.21. The van der Waals surface area contributed by atoms with E-state index in [4.69, 9.17) is 4.74 Å². The van der Waals surface area contributed by atoms with Gasteiger partial charge in [0.05, 0.1) is 0 Å². The molecule has 7 atom stereocenters. The highest BCUT2D eigenvalue weighted by Crippen LogP contribution is 2.66. The molecule has 37 heavy (non-hydrogen) atoms. The maximum absolute atomic E-state index is 12.8. The van der Waals surface area contributed by atoms with Crippen LogP contribution in [0.15, 0.2) is 0 Å². The molecular weight excluding hydrogens is 456 g/mol. The Labute approximate surface area is 228 Å². The Kier molecular flexibility index (Phi) is 10.6. The smallest absolute Gasteiger partial charge is 0.306 e. The first-order valence-electron chi connectivity index (χ1n) is 16.6. The van der Waals surface area contributed by atoms with Gasteiger partial charge in [-0.05, 0) is 80.5 Å². The van der Waals surface area contributed by atoms with E-state index in [-0.39, 0.29) is 17.5 Å². The fraction of sp³-hybridized carbons (Fsp3) is 0.941. The number of carbonyl (C=O) groups excluding carboxylic acids is 2. The van der Waals surface area contributed by atoms with E-state index in [0.29, 0.717) is 29.5 Å². The lowest BCUT2D eigenvalue weighted by Crippen LogP contribution is -2.54. The molecule has 4 rings (SSSR count). The van der Waals surface area contributed by atoms with Gasteiger partial charge in [-0.1, -0.05) is 91.4 Å². The summed E-state index contributed by atoms with van der Waals surface area (Å²) in [6.45, 7) is 7.24. The summed E-state index contributed by atoms with van der Waals surface area (Å²) in [4.78, 5) is 24.9. The van der Waals surface area contributed by atoms with Gasteiger partial charge in [-0.3, -0.25) is 9.59 Å². The molecule has 3 nitrogen and oxygen atoms in total. The van der Waals surface area contributed by atoms with Crippen LogP contribution >= 0.6 is 0 Å². The summed E-state index contributed by atoms with van der Waals surface area (Å²) in [7, 11) is 0. The van der Waals surface area contributed by atoms with Crippen molar-refractivity contribution in [1.29, 1.82) is 0 Å². The van der Waals surface area contributed by atoms with Gasteiger partial charge >= 0.3 is 5.97 Å². The maximum atomic E-state index is 12.8. The van der Waals surface area contributed by atoms with Crippen molar-refractivity contribution in [2.24, 2.45) is 34.5 Å². The number of unbranched alkanes of at least 4 members (excludes halogenated alkanes) is 11. The third-order valence-corrected chi connectivity index (χ3v) is 11.9. The fourth-order valence-corrected chi connectivity index (χ4v) is 9.52. The van der Waals surface area contributed by atoms with E-state index >= 15 is 0 Å². The molecule has 4 fully saturated rings. The Morgan fingerprint density at radius 3 is 2.05 bits per heavy atom. The molecule has 0 aromatic heterocycles. The Morgan fingerprint density at radius 1 is 0.757 bits per heavy atom. The van der Waals surface area contributed by atoms with Crippen molar-refractivity contribution >= 4 is 11.8 Å². The second kappa shape index (κ2) is 13.5. The number of ether oxygens (including phenoxy) is 1. The zero-order chi connectivity index (χ0) is 26.3. The summed E-state index contributed by atoms with van der Waals surface area (Å²) in [6, 6.07) is 0. The molecule has 212 valence electrons. The quantitative estimate of drug-likeness (QED) is 0.171. The van der Waals surface area contributed by atoms with E-state index in [0.717, 1.165) is 43.9 Å². The predicted molar refractivity (Wildman–Crippen MR) is 152 cm³/mol. The van der Waals surface area contributed by atoms with Crippen LogP contribution in [0.25, 0.3) is 0 Å². The number of carbonyl (C=O) groups is 2. The summed E-state index contributed by atoms with van der Waals surface area (Å²) in [6.07, 6.45) is 26.6. The number of fused-ring (bicyclic) bond motifs is 5. The molecule has 3 heteroatoms. The van der Waals surface area contributed by atoms with Crippen LogP contribution in [-0.4, -0.2) is 17.9 Å². The Balaban J connectivity index is 1.14.